The molecule has 0 aliphatic heterocycles. The number of nitrogens with two attached hydrogens (primary N) is 1. The van der Waals surface area contributed by atoms with Crippen LogP contribution in [0.1, 0.15) is 51.4 Å². The third-order valence-electron chi connectivity index (χ3n) is 5.74. The zero-order chi connectivity index (χ0) is 13.7. The van der Waals surface area contributed by atoms with E-state index in [0.29, 0.717) is 19.4 Å². The number of hydrogen-bond donors (Lipinski definition) is 2. The Morgan fingerprint density at radius 3 is 1.95 bits per heavy atom. The maximum absolute atomic E-state index is 11.5. The second kappa shape index (κ2) is 4.71. The molecule has 0 saturated heterocycles. The van der Waals surface area contributed by atoms with Gasteiger partial charge in [0.15, 0.2) is 0 Å². The molecule has 4 rings (SSSR count). The Morgan fingerprint density at radius 2 is 1.58 bits per heavy atom. The molecule has 110 valence electrons. The van der Waals surface area contributed by atoms with E-state index in [1.165, 1.54) is 38.5 Å². The highest BCUT2D eigenvalue weighted by atomic mass is 32.2. The minimum Gasteiger partial charge on any atom is -0.330 e. The Bertz CT molecular complexity index is 410. The lowest BCUT2D eigenvalue weighted by Gasteiger charge is -2.57. The topological polar surface area (TPSA) is 80.4 Å². The van der Waals surface area contributed by atoms with Gasteiger partial charge in [-0.25, -0.2) is 0 Å². The van der Waals surface area contributed by atoms with Gasteiger partial charge in [0.1, 0.15) is 0 Å². The van der Waals surface area contributed by atoms with Crippen LogP contribution in [0.3, 0.4) is 0 Å². The summed E-state index contributed by atoms with van der Waals surface area (Å²) < 4.78 is 32.5. The van der Waals surface area contributed by atoms with Crippen LogP contribution in [0.2, 0.25) is 0 Å². The predicted octanol–water partition coefficient (Wildman–Crippen LogP) is 2.20. The van der Waals surface area contributed by atoms with E-state index in [-0.39, 0.29) is 5.41 Å². The van der Waals surface area contributed by atoms with Gasteiger partial charge >= 0.3 is 0 Å². The van der Waals surface area contributed by atoms with Gasteiger partial charge in [0.05, 0.1) is 5.25 Å². The monoisotopic (exact) mass is 287 g/mol. The van der Waals surface area contributed by atoms with E-state index in [0.717, 1.165) is 17.8 Å². The molecule has 4 fully saturated rings. The van der Waals surface area contributed by atoms with Gasteiger partial charge in [0.2, 0.25) is 0 Å². The van der Waals surface area contributed by atoms with E-state index in [1.54, 1.807) is 0 Å². The van der Waals surface area contributed by atoms with Crippen molar-refractivity contribution in [3.8, 4) is 0 Å². The zero-order valence-electron chi connectivity index (χ0n) is 11.4. The van der Waals surface area contributed by atoms with Crippen molar-refractivity contribution in [3.05, 3.63) is 0 Å². The van der Waals surface area contributed by atoms with Gasteiger partial charge in [0.25, 0.3) is 10.1 Å². The molecule has 1 unspecified atom stereocenters. The van der Waals surface area contributed by atoms with Crippen molar-refractivity contribution >= 4 is 10.1 Å². The fourth-order valence-electron chi connectivity index (χ4n) is 5.57. The smallest absolute Gasteiger partial charge is 0.267 e. The van der Waals surface area contributed by atoms with Gasteiger partial charge in [-0.15, -0.1) is 0 Å². The van der Waals surface area contributed by atoms with Crippen molar-refractivity contribution in [1.29, 1.82) is 0 Å². The highest BCUT2D eigenvalue weighted by Gasteiger charge is 2.52. The molecule has 19 heavy (non-hydrogen) atoms. The molecule has 0 aromatic carbocycles. The molecule has 3 N–H and O–H groups in total. The molecule has 4 aliphatic rings. The van der Waals surface area contributed by atoms with E-state index in [2.05, 4.69) is 0 Å². The summed E-state index contributed by atoms with van der Waals surface area (Å²) in [7, 11) is -3.95. The fourth-order valence-corrected chi connectivity index (χ4v) is 6.56. The minimum atomic E-state index is -3.95. The molecule has 4 bridgehead atoms. The molecule has 0 spiro atoms. The van der Waals surface area contributed by atoms with Gasteiger partial charge in [-0.05, 0) is 81.1 Å². The molecule has 0 aromatic heterocycles. The molecular weight excluding hydrogens is 262 g/mol. The van der Waals surface area contributed by atoms with Crippen molar-refractivity contribution in [1.82, 2.24) is 0 Å². The summed E-state index contributed by atoms with van der Waals surface area (Å²) in [5.41, 5.74) is 5.70. The highest BCUT2D eigenvalue weighted by Crippen LogP contribution is 2.61. The summed E-state index contributed by atoms with van der Waals surface area (Å²) in [4.78, 5) is 0. The van der Waals surface area contributed by atoms with Crippen LogP contribution in [0.4, 0.5) is 0 Å². The van der Waals surface area contributed by atoms with E-state index < -0.39 is 15.4 Å². The van der Waals surface area contributed by atoms with Crippen LogP contribution in [0.25, 0.3) is 0 Å². The molecule has 0 radical (unpaired) electrons. The molecule has 0 amide bonds. The Kier molecular flexibility index (Phi) is 3.43. The SMILES string of the molecule is NCCC(CC12CC3CC(CC(C3)C1)C2)S(=O)(=O)O. The maximum atomic E-state index is 11.5. The summed E-state index contributed by atoms with van der Waals surface area (Å²) in [5, 5.41) is -0.645. The van der Waals surface area contributed by atoms with E-state index >= 15 is 0 Å². The highest BCUT2D eigenvalue weighted by molar-refractivity contribution is 7.86. The van der Waals surface area contributed by atoms with Crippen LogP contribution in [0.15, 0.2) is 0 Å². The molecular formula is C14H25NO3S. The number of rotatable bonds is 5. The zero-order valence-corrected chi connectivity index (χ0v) is 12.2. The predicted molar refractivity (Wildman–Crippen MR) is 74.2 cm³/mol. The van der Waals surface area contributed by atoms with Crippen molar-refractivity contribution in [2.45, 2.75) is 56.6 Å². The molecule has 0 aromatic rings. The normalized spacial score (nSPS) is 42.5. The average Bonchev–Trinajstić information content (AvgIpc) is 2.24. The lowest BCUT2D eigenvalue weighted by molar-refractivity contribution is -0.0579. The van der Waals surface area contributed by atoms with Crippen LogP contribution in [0.5, 0.6) is 0 Å². The molecule has 1 atom stereocenters. The van der Waals surface area contributed by atoms with Crippen LogP contribution in [-0.2, 0) is 10.1 Å². The van der Waals surface area contributed by atoms with E-state index in [4.69, 9.17) is 5.73 Å². The van der Waals surface area contributed by atoms with Gasteiger partial charge in [-0.2, -0.15) is 8.42 Å². The Hall–Kier alpha value is -0.130. The largest absolute Gasteiger partial charge is 0.330 e. The van der Waals surface area contributed by atoms with Crippen molar-refractivity contribution < 1.29 is 13.0 Å². The van der Waals surface area contributed by atoms with Crippen molar-refractivity contribution in [3.63, 3.8) is 0 Å². The quantitative estimate of drug-likeness (QED) is 0.760. The number of hydrogen-bond acceptors (Lipinski definition) is 3. The fraction of sp³-hybridized carbons (Fsp3) is 1.00. The second-order valence-electron chi connectivity index (χ2n) is 7.34. The van der Waals surface area contributed by atoms with E-state index in [9.17, 15) is 13.0 Å². The average molecular weight is 287 g/mol. The van der Waals surface area contributed by atoms with Crippen LogP contribution in [0, 0.1) is 23.2 Å². The van der Waals surface area contributed by atoms with Gasteiger partial charge in [-0.3, -0.25) is 4.55 Å². The summed E-state index contributed by atoms with van der Waals surface area (Å²) in [6.45, 7) is 0.330. The van der Waals surface area contributed by atoms with Gasteiger partial charge in [0, 0.05) is 0 Å². The maximum Gasteiger partial charge on any atom is 0.267 e. The van der Waals surface area contributed by atoms with E-state index in [1.807, 2.05) is 0 Å². The Morgan fingerprint density at radius 1 is 1.11 bits per heavy atom. The molecule has 5 heteroatoms. The van der Waals surface area contributed by atoms with Crippen LogP contribution >= 0.6 is 0 Å². The summed E-state index contributed by atoms with van der Waals surface area (Å²) in [6.07, 6.45) is 8.61. The molecule has 4 saturated carbocycles. The van der Waals surface area contributed by atoms with Crippen molar-refractivity contribution in [2.24, 2.45) is 28.9 Å². The van der Waals surface area contributed by atoms with Gasteiger partial charge in [-0.1, -0.05) is 0 Å². The van der Waals surface area contributed by atoms with Crippen LogP contribution < -0.4 is 5.73 Å². The third kappa shape index (κ3) is 2.69. The minimum absolute atomic E-state index is 0.185. The summed E-state index contributed by atoms with van der Waals surface area (Å²) >= 11 is 0. The Balaban J connectivity index is 1.78. The lowest BCUT2D eigenvalue weighted by atomic mass is 9.48. The first-order valence-corrected chi connectivity index (χ1v) is 9.07. The Labute approximate surface area is 115 Å². The van der Waals surface area contributed by atoms with Crippen LogP contribution in [-0.4, -0.2) is 24.8 Å². The molecule has 4 nitrogen and oxygen atoms in total. The lowest BCUT2D eigenvalue weighted by Crippen LogP contribution is -2.48. The standard InChI is InChI=1S/C14H25NO3S/c15-2-1-13(19(16,17)18)9-14-6-10-3-11(7-14)5-12(4-10)8-14/h10-13H,1-9,15H2,(H,16,17,18). The first-order valence-electron chi connectivity index (χ1n) is 7.56. The third-order valence-corrected chi connectivity index (χ3v) is 6.98. The molecule has 4 aliphatic carbocycles. The first kappa shape index (κ1) is 13.8. The van der Waals surface area contributed by atoms with Crippen molar-refractivity contribution in [2.75, 3.05) is 6.54 Å². The first-order chi connectivity index (χ1) is 8.90. The summed E-state index contributed by atoms with van der Waals surface area (Å²) in [5.74, 6) is 2.43. The second-order valence-corrected chi connectivity index (χ2v) is 9.03. The molecule has 0 heterocycles. The van der Waals surface area contributed by atoms with Gasteiger partial charge < -0.3 is 5.73 Å². The summed E-state index contributed by atoms with van der Waals surface area (Å²) in [6, 6.07) is 0.